The highest BCUT2D eigenvalue weighted by Crippen LogP contribution is 2.43. The molecule has 2 aromatic carbocycles. The Morgan fingerprint density at radius 1 is 1.00 bits per heavy atom. The van der Waals surface area contributed by atoms with Crippen LogP contribution in [-0.4, -0.2) is 27.6 Å². The van der Waals surface area contributed by atoms with Gasteiger partial charge in [0, 0.05) is 30.1 Å². The Hall–Kier alpha value is -3.29. The zero-order valence-corrected chi connectivity index (χ0v) is 18.3. The second kappa shape index (κ2) is 9.06. The Labute approximate surface area is 192 Å². The maximum Gasteiger partial charge on any atom is 0.238 e. The quantitative estimate of drug-likeness (QED) is 0.582. The third kappa shape index (κ3) is 4.09. The minimum atomic E-state index is -0.494. The molecule has 3 aromatic rings. The molecule has 2 aliphatic heterocycles. The Kier molecular flexibility index (Phi) is 5.83. The largest absolute Gasteiger partial charge is 0.457 e. The maximum atomic E-state index is 13.4. The van der Waals surface area contributed by atoms with Crippen LogP contribution in [0, 0.1) is 0 Å². The minimum absolute atomic E-state index is 0.164. The number of aromatic nitrogens is 1. The summed E-state index contributed by atoms with van der Waals surface area (Å²) in [6.45, 7) is 0.846. The van der Waals surface area contributed by atoms with Gasteiger partial charge in [0.2, 0.25) is 5.91 Å². The molecule has 0 aliphatic carbocycles. The molecule has 0 bridgehead atoms. The van der Waals surface area contributed by atoms with Crippen molar-refractivity contribution in [3.63, 3.8) is 0 Å². The van der Waals surface area contributed by atoms with Crippen molar-refractivity contribution < 1.29 is 9.53 Å². The number of carbonyl (C=O) groups excluding carboxylic acids is 1. The average Bonchev–Trinajstić information content (AvgIpc) is 2.83. The van der Waals surface area contributed by atoms with E-state index in [1.807, 2.05) is 60.8 Å². The molecule has 1 atom stereocenters. The Bertz CT molecular complexity index is 1090. The normalized spacial score (nSPS) is 18.1. The lowest BCUT2D eigenvalue weighted by Crippen LogP contribution is -2.52. The number of nitrogens with zero attached hydrogens (tertiary/aromatic N) is 2. The SMILES string of the molecule is O=C(NC(=S)NN1CCCC[C@@H]1c1cccnc1)C1c2ccccc2Oc2ccccc21. The first-order valence-electron chi connectivity index (χ1n) is 10.8. The van der Waals surface area contributed by atoms with E-state index in [4.69, 9.17) is 17.0 Å². The first-order chi connectivity index (χ1) is 15.7. The lowest BCUT2D eigenvalue weighted by Gasteiger charge is -2.36. The summed E-state index contributed by atoms with van der Waals surface area (Å²) in [6, 6.07) is 19.4. The third-order valence-electron chi connectivity index (χ3n) is 6.00. The predicted octanol–water partition coefficient (Wildman–Crippen LogP) is 4.45. The van der Waals surface area contributed by atoms with Gasteiger partial charge < -0.3 is 10.1 Å². The molecule has 2 N–H and O–H groups in total. The van der Waals surface area contributed by atoms with Crippen LogP contribution >= 0.6 is 12.2 Å². The fraction of sp³-hybridized carbons (Fsp3) is 0.240. The van der Waals surface area contributed by atoms with Crippen molar-refractivity contribution >= 4 is 23.2 Å². The summed E-state index contributed by atoms with van der Waals surface area (Å²) >= 11 is 5.55. The van der Waals surface area contributed by atoms with Gasteiger partial charge in [0.25, 0.3) is 0 Å². The van der Waals surface area contributed by atoms with Crippen molar-refractivity contribution in [2.75, 3.05) is 6.54 Å². The van der Waals surface area contributed by atoms with Gasteiger partial charge in [0.15, 0.2) is 5.11 Å². The van der Waals surface area contributed by atoms with Crippen molar-refractivity contribution in [3.8, 4) is 11.5 Å². The molecular formula is C25H24N4O2S. The number of hydrogen-bond acceptors (Lipinski definition) is 5. The molecule has 1 fully saturated rings. The lowest BCUT2D eigenvalue weighted by molar-refractivity contribution is -0.120. The van der Waals surface area contributed by atoms with E-state index in [2.05, 4.69) is 26.8 Å². The molecule has 0 spiro atoms. The van der Waals surface area contributed by atoms with Crippen LogP contribution < -0.4 is 15.5 Å². The van der Waals surface area contributed by atoms with Gasteiger partial charge >= 0.3 is 0 Å². The summed E-state index contributed by atoms with van der Waals surface area (Å²) in [4.78, 5) is 17.7. The molecule has 1 amide bonds. The van der Waals surface area contributed by atoms with E-state index in [0.717, 1.165) is 42.5 Å². The summed E-state index contributed by atoms with van der Waals surface area (Å²) in [5.74, 6) is 0.711. The molecular weight excluding hydrogens is 420 g/mol. The van der Waals surface area contributed by atoms with E-state index >= 15 is 0 Å². The molecule has 5 rings (SSSR count). The maximum absolute atomic E-state index is 13.4. The van der Waals surface area contributed by atoms with Crippen LogP contribution in [0.4, 0.5) is 0 Å². The van der Waals surface area contributed by atoms with Crippen LogP contribution in [0.5, 0.6) is 11.5 Å². The smallest absolute Gasteiger partial charge is 0.238 e. The standard InChI is InChI=1S/C25H24N4O2S/c30-24(23-18-9-1-3-12-21(18)31-22-13-4-2-10-19(22)23)27-25(32)28-29-15-6-5-11-20(29)17-8-7-14-26-16-17/h1-4,7-10,12-14,16,20,23H,5-6,11,15H2,(H2,27,28,30,32)/t20-/m1/s1. The number of piperidine rings is 1. The number of pyridine rings is 1. The average molecular weight is 445 g/mol. The molecule has 0 saturated carbocycles. The Balaban J connectivity index is 1.34. The highest BCUT2D eigenvalue weighted by Gasteiger charge is 2.33. The number of para-hydroxylation sites is 2. The van der Waals surface area contributed by atoms with Gasteiger partial charge in [-0.05, 0) is 48.8 Å². The van der Waals surface area contributed by atoms with E-state index in [1.165, 1.54) is 0 Å². The molecule has 0 radical (unpaired) electrons. The first kappa shape index (κ1) is 20.6. The van der Waals surface area contributed by atoms with Crippen LogP contribution in [0.3, 0.4) is 0 Å². The van der Waals surface area contributed by atoms with Crippen LogP contribution in [0.25, 0.3) is 0 Å². The van der Waals surface area contributed by atoms with Crippen LogP contribution in [0.15, 0.2) is 73.1 Å². The van der Waals surface area contributed by atoms with Gasteiger partial charge in [-0.2, -0.15) is 0 Å². The predicted molar refractivity (Wildman–Crippen MR) is 126 cm³/mol. The summed E-state index contributed by atoms with van der Waals surface area (Å²) in [7, 11) is 0. The summed E-state index contributed by atoms with van der Waals surface area (Å²) < 4.78 is 6.00. The van der Waals surface area contributed by atoms with Gasteiger partial charge in [-0.3, -0.25) is 15.2 Å². The summed E-state index contributed by atoms with van der Waals surface area (Å²) in [5, 5.41) is 5.32. The third-order valence-corrected chi connectivity index (χ3v) is 6.19. The Morgan fingerprint density at radius 3 is 2.41 bits per heavy atom. The number of carbonyl (C=O) groups is 1. The highest BCUT2D eigenvalue weighted by molar-refractivity contribution is 7.80. The second-order valence-corrected chi connectivity index (χ2v) is 8.44. The van der Waals surface area contributed by atoms with Crippen molar-refractivity contribution in [2.45, 2.75) is 31.2 Å². The number of fused-ring (bicyclic) bond motifs is 2. The van der Waals surface area contributed by atoms with E-state index < -0.39 is 5.92 Å². The number of hydrogen-bond donors (Lipinski definition) is 2. The number of amides is 1. The van der Waals surface area contributed by atoms with Gasteiger partial charge in [0.05, 0.1) is 12.0 Å². The molecule has 2 aliphatic rings. The first-order valence-corrected chi connectivity index (χ1v) is 11.3. The minimum Gasteiger partial charge on any atom is -0.457 e. The topological polar surface area (TPSA) is 66.5 Å². The van der Waals surface area contributed by atoms with Gasteiger partial charge in [0.1, 0.15) is 11.5 Å². The molecule has 32 heavy (non-hydrogen) atoms. The van der Waals surface area contributed by atoms with Crippen molar-refractivity contribution in [1.82, 2.24) is 20.7 Å². The van der Waals surface area contributed by atoms with E-state index in [-0.39, 0.29) is 11.9 Å². The monoisotopic (exact) mass is 444 g/mol. The highest BCUT2D eigenvalue weighted by atomic mass is 32.1. The zero-order valence-electron chi connectivity index (χ0n) is 17.5. The van der Waals surface area contributed by atoms with Gasteiger partial charge in [-0.15, -0.1) is 0 Å². The van der Waals surface area contributed by atoms with Gasteiger partial charge in [-0.1, -0.05) is 48.9 Å². The molecule has 1 saturated heterocycles. The van der Waals surface area contributed by atoms with E-state index in [0.29, 0.717) is 16.6 Å². The van der Waals surface area contributed by atoms with Crippen LogP contribution in [-0.2, 0) is 4.79 Å². The van der Waals surface area contributed by atoms with E-state index in [1.54, 1.807) is 6.20 Å². The number of hydrazine groups is 1. The number of rotatable bonds is 3. The fourth-order valence-corrected chi connectivity index (χ4v) is 4.74. The number of nitrogens with one attached hydrogen (secondary N) is 2. The fourth-order valence-electron chi connectivity index (χ4n) is 4.52. The van der Waals surface area contributed by atoms with Crippen molar-refractivity contribution in [3.05, 3.63) is 89.7 Å². The van der Waals surface area contributed by atoms with E-state index in [9.17, 15) is 4.79 Å². The van der Waals surface area contributed by atoms with Gasteiger partial charge in [-0.25, -0.2) is 5.01 Å². The van der Waals surface area contributed by atoms with Crippen LogP contribution in [0.1, 0.15) is 47.9 Å². The second-order valence-electron chi connectivity index (χ2n) is 8.03. The Morgan fingerprint density at radius 2 is 1.72 bits per heavy atom. The van der Waals surface area contributed by atoms with Crippen LogP contribution in [0.2, 0.25) is 0 Å². The summed E-state index contributed by atoms with van der Waals surface area (Å²) in [6.07, 6.45) is 6.89. The number of thiocarbonyl (C=S) groups is 1. The molecule has 162 valence electrons. The van der Waals surface area contributed by atoms with Crippen molar-refractivity contribution in [2.24, 2.45) is 0 Å². The number of benzene rings is 2. The zero-order chi connectivity index (χ0) is 21.9. The number of ether oxygens (including phenoxy) is 1. The van der Waals surface area contributed by atoms with Crippen molar-refractivity contribution in [1.29, 1.82) is 0 Å². The molecule has 1 aromatic heterocycles. The summed E-state index contributed by atoms with van der Waals surface area (Å²) in [5.41, 5.74) is 6.06. The molecule has 6 nitrogen and oxygen atoms in total. The lowest BCUT2D eigenvalue weighted by atomic mass is 9.87. The molecule has 7 heteroatoms. The molecule has 3 heterocycles. The molecule has 0 unspecified atom stereocenters.